The van der Waals surface area contributed by atoms with Gasteiger partial charge in [0.05, 0.1) is 18.8 Å². The van der Waals surface area contributed by atoms with Crippen LogP contribution in [-0.2, 0) is 0 Å². The molecular weight excluding hydrogens is 277 g/mol. The Hall–Kier alpha value is -2.31. The second-order valence-electron chi connectivity index (χ2n) is 4.07. The largest absolute Gasteiger partial charge is 0.497 e. The molecule has 0 aromatic heterocycles. The van der Waals surface area contributed by atoms with Crippen LogP contribution in [0.1, 0.15) is 11.1 Å². The van der Waals surface area contributed by atoms with Crippen molar-refractivity contribution in [3.05, 3.63) is 64.4 Å². The van der Waals surface area contributed by atoms with Gasteiger partial charge in [-0.25, -0.2) is 4.39 Å². The van der Waals surface area contributed by atoms with E-state index in [1.165, 1.54) is 12.1 Å². The number of rotatable bonds is 3. The maximum absolute atomic E-state index is 13.8. The Bertz CT molecular complexity index is 704. The van der Waals surface area contributed by atoms with Crippen molar-refractivity contribution in [3.8, 4) is 11.8 Å². The van der Waals surface area contributed by atoms with E-state index in [1.807, 2.05) is 12.1 Å². The third-order valence-electron chi connectivity index (χ3n) is 2.75. The summed E-state index contributed by atoms with van der Waals surface area (Å²) in [5.74, 6) is 0.154. The third-order valence-corrected chi connectivity index (χ3v) is 2.98. The minimum atomic E-state index is -0.520. The molecule has 2 nitrogen and oxygen atoms in total. The van der Waals surface area contributed by atoms with E-state index in [-0.39, 0.29) is 11.1 Å². The van der Waals surface area contributed by atoms with E-state index in [0.717, 1.165) is 5.56 Å². The molecule has 0 N–H and O–H groups in total. The molecule has 20 heavy (non-hydrogen) atoms. The molecule has 0 aliphatic rings. The Morgan fingerprint density at radius 1 is 1.30 bits per heavy atom. The van der Waals surface area contributed by atoms with E-state index >= 15 is 0 Å². The maximum Gasteiger partial charge on any atom is 0.133 e. The topological polar surface area (TPSA) is 33.0 Å². The maximum atomic E-state index is 13.8. The van der Waals surface area contributed by atoms with Crippen molar-refractivity contribution in [3.63, 3.8) is 0 Å². The first-order valence-electron chi connectivity index (χ1n) is 5.85. The van der Waals surface area contributed by atoms with Crippen LogP contribution in [0.15, 0.2) is 42.5 Å². The lowest BCUT2D eigenvalue weighted by Gasteiger charge is -2.04. The fraction of sp³-hybridized carbons (Fsp3) is 0.0625. The summed E-state index contributed by atoms with van der Waals surface area (Å²) >= 11 is 5.71. The number of benzene rings is 2. The summed E-state index contributed by atoms with van der Waals surface area (Å²) in [6.07, 6.45) is 1.61. The summed E-state index contributed by atoms with van der Waals surface area (Å²) in [5, 5.41) is 9.51. The van der Waals surface area contributed by atoms with Crippen LogP contribution in [0.5, 0.6) is 5.75 Å². The van der Waals surface area contributed by atoms with Crippen LogP contribution in [-0.4, -0.2) is 7.11 Å². The van der Waals surface area contributed by atoms with Crippen molar-refractivity contribution in [2.45, 2.75) is 0 Å². The van der Waals surface area contributed by atoms with Gasteiger partial charge in [-0.05, 0) is 42.0 Å². The zero-order chi connectivity index (χ0) is 14.5. The Labute approximate surface area is 121 Å². The van der Waals surface area contributed by atoms with Gasteiger partial charge in [-0.2, -0.15) is 5.26 Å². The monoisotopic (exact) mass is 287 g/mol. The second kappa shape index (κ2) is 6.23. The summed E-state index contributed by atoms with van der Waals surface area (Å²) in [5.41, 5.74) is 1.21. The first-order valence-corrected chi connectivity index (χ1v) is 6.23. The molecule has 0 aliphatic carbocycles. The number of ether oxygens (including phenoxy) is 1. The number of methoxy groups -OCH3 is 1. The fourth-order valence-corrected chi connectivity index (χ4v) is 1.93. The molecule has 0 saturated carbocycles. The second-order valence-corrected chi connectivity index (χ2v) is 4.51. The third kappa shape index (κ3) is 3.17. The highest BCUT2D eigenvalue weighted by atomic mass is 35.5. The molecule has 0 heterocycles. The van der Waals surface area contributed by atoms with Gasteiger partial charge in [0.15, 0.2) is 0 Å². The van der Waals surface area contributed by atoms with E-state index in [9.17, 15) is 9.65 Å². The number of hydrogen-bond acceptors (Lipinski definition) is 2. The molecular formula is C16H11ClFNO. The van der Waals surface area contributed by atoms with Crippen LogP contribution in [0.2, 0.25) is 5.02 Å². The van der Waals surface area contributed by atoms with E-state index in [0.29, 0.717) is 10.8 Å². The van der Waals surface area contributed by atoms with Crippen LogP contribution >= 0.6 is 11.6 Å². The standard InChI is InChI=1S/C16H11ClFNO/c1-20-14-4-2-3-11(8-14)7-12(10-19)15-6-5-13(17)9-16(15)18/h2-9H,1H3/b12-7+. The first kappa shape index (κ1) is 14.1. The van der Waals surface area contributed by atoms with E-state index in [1.54, 1.807) is 37.5 Å². The van der Waals surface area contributed by atoms with Crippen LogP contribution < -0.4 is 4.74 Å². The van der Waals surface area contributed by atoms with Gasteiger partial charge in [-0.1, -0.05) is 23.7 Å². The van der Waals surface area contributed by atoms with Crippen LogP contribution in [0.3, 0.4) is 0 Å². The van der Waals surface area contributed by atoms with E-state index in [4.69, 9.17) is 16.3 Å². The average Bonchev–Trinajstić information content (AvgIpc) is 2.45. The summed E-state index contributed by atoms with van der Waals surface area (Å²) in [6, 6.07) is 13.4. The molecule has 100 valence electrons. The fourth-order valence-electron chi connectivity index (χ4n) is 1.78. The molecule has 0 spiro atoms. The number of nitriles is 1. The van der Waals surface area contributed by atoms with Gasteiger partial charge in [0.2, 0.25) is 0 Å². The molecule has 4 heteroatoms. The van der Waals surface area contributed by atoms with Crippen molar-refractivity contribution >= 4 is 23.3 Å². The molecule has 2 aromatic rings. The number of nitrogens with zero attached hydrogens (tertiary/aromatic N) is 1. The van der Waals surface area contributed by atoms with Crippen molar-refractivity contribution in [2.24, 2.45) is 0 Å². The quantitative estimate of drug-likeness (QED) is 0.613. The smallest absolute Gasteiger partial charge is 0.133 e. The Morgan fingerprint density at radius 3 is 2.75 bits per heavy atom. The summed E-state index contributed by atoms with van der Waals surface area (Å²) in [4.78, 5) is 0. The minimum absolute atomic E-state index is 0.222. The number of allylic oxidation sites excluding steroid dienone is 1. The first-order chi connectivity index (χ1) is 9.63. The Kier molecular flexibility index (Phi) is 4.39. The minimum Gasteiger partial charge on any atom is -0.497 e. The van der Waals surface area contributed by atoms with Crippen molar-refractivity contribution in [2.75, 3.05) is 7.11 Å². The normalized spacial score (nSPS) is 11.0. The highest BCUT2D eigenvalue weighted by Gasteiger charge is 2.08. The van der Waals surface area contributed by atoms with Crippen molar-refractivity contribution < 1.29 is 9.13 Å². The van der Waals surface area contributed by atoms with Gasteiger partial charge in [0.25, 0.3) is 0 Å². The molecule has 0 unspecified atom stereocenters. The van der Waals surface area contributed by atoms with Gasteiger partial charge in [0.1, 0.15) is 11.6 Å². The molecule has 0 radical (unpaired) electrons. The summed E-state index contributed by atoms with van der Waals surface area (Å²) < 4.78 is 18.9. The highest BCUT2D eigenvalue weighted by Crippen LogP contribution is 2.24. The van der Waals surface area contributed by atoms with E-state index < -0.39 is 5.82 Å². The molecule has 2 aromatic carbocycles. The number of hydrogen-bond donors (Lipinski definition) is 0. The van der Waals surface area contributed by atoms with Crippen molar-refractivity contribution in [1.29, 1.82) is 5.26 Å². The zero-order valence-corrected chi connectivity index (χ0v) is 11.5. The summed E-state index contributed by atoms with van der Waals surface area (Å²) in [7, 11) is 1.56. The van der Waals surface area contributed by atoms with Gasteiger partial charge < -0.3 is 4.74 Å². The van der Waals surface area contributed by atoms with E-state index in [2.05, 4.69) is 0 Å². The van der Waals surface area contributed by atoms with Gasteiger partial charge in [-0.15, -0.1) is 0 Å². The van der Waals surface area contributed by atoms with Gasteiger partial charge >= 0.3 is 0 Å². The van der Waals surface area contributed by atoms with Crippen LogP contribution in [0, 0.1) is 17.1 Å². The molecule has 0 aliphatic heterocycles. The molecule has 0 bridgehead atoms. The van der Waals surface area contributed by atoms with Crippen LogP contribution in [0.4, 0.5) is 4.39 Å². The zero-order valence-electron chi connectivity index (χ0n) is 10.7. The lowest BCUT2D eigenvalue weighted by Crippen LogP contribution is -1.89. The van der Waals surface area contributed by atoms with Crippen LogP contribution in [0.25, 0.3) is 11.6 Å². The molecule has 2 rings (SSSR count). The number of halogens is 2. The average molecular weight is 288 g/mol. The van der Waals surface area contributed by atoms with Gasteiger partial charge in [0, 0.05) is 10.6 Å². The predicted octanol–water partition coefficient (Wildman–Crippen LogP) is 4.55. The predicted molar refractivity (Wildman–Crippen MR) is 77.9 cm³/mol. The van der Waals surface area contributed by atoms with Gasteiger partial charge in [-0.3, -0.25) is 0 Å². The highest BCUT2D eigenvalue weighted by molar-refractivity contribution is 6.30. The SMILES string of the molecule is COc1cccc(/C=C(\C#N)c2ccc(Cl)cc2F)c1. The Balaban J connectivity index is 2.46. The molecule has 0 fully saturated rings. The molecule has 0 atom stereocenters. The summed E-state index contributed by atoms with van der Waals surface area (Å²) in [6.45, 7) is 0. The molecule has 0 saturated heterocycles. The lowest BCUT2D eigenvalue weighted by molar-refractivity contribution is 0.414. The lowest BCUT2D eigenvalue weighted by atomic mass is 10.0. The van der Waals surface area contributed by atoms with Crippen molar-refractivity contribution in [1.82, 2.24) is 0 Å². The Morgan fingerprint density at radius 2 is 2.10 bits per heavy atom. The molecule has 0 amide bonds.